The lowest BCUT2D eigenvalue weighted by molar-refractivity contribution is 0.0979. The van der Waals surface area contributed by atoms with E-state index in [2.05, 4.69) is 9.82 Å². The summed E-state index contributed by atoms with van der Waals surface area (Å²) in [6, 6.07) is 0. The quantitative estimate of drug-likeness (QED) is 0.926. The van der Waals surface area contributed by atoms with E-state index in [0.29, 0.717) is 28.5 Å². The maximum atomic E-state index is 12.5. The molecule has 0 aromatic carbocycles. The lowest BCUT2D eigenvalue weighted by Gasteiger charge is -2.07. The van der Waals surface area contributed by atoms with Gasteiger partial charge in [-0.25, -0.2) is 13.1 Å². The minimum atomic E-state index is -4.00. The van der Waals surface area contributed by atoms with Crippen LogP contribution in [0.15, 0.2) is 9.31 Å². The highest BCUT2D eigenvalue weighted by Gasteiger charge is 2.28. The van der Waals surface area contributed by atoms with Crippen LogP contribution in [-0.2, 0) is 17.1 Å². The molecule has 0 fully saturated rings. The van der Waals surface area contributed by atoms with E-state index in [1.54, 1.807) is 41.7 Å². The number of aromatic nitrogens is 2. The second-order valence-corrected chi connectivity index (χ2v) is 6.89. The van der Waals surface area contributed by atoms with Crippen molar-refractivity contribution in [2.45, 2.75) is 39.5 Å². The van der Waals surface area contributed by atoms with Gasteiger partial charge in [0.1, 0.15) is 16.4 Å². The Hall–Kier alpha value is -2.09. The maximum absolute atomic E-state index is 12.5. The van der Waals surface area contributed by atoms with Gasteiger partial charge in [0.05, 0.1) is 17.0 Å². The van der Waals surface area contributed by atoms with E-state index in [-0.39, 0.29) is 10.5 Å². The van der Waals surface area contributed by atoms with Crippen LogP contribution in [0.4, 0.5) is 0 Å². The number of sulfonamides is 1. The van der Waals surface area contributed by atoms with Gasteiger partial charge in [0.15, 0.2) is 0 Å². The lowest BCUT2D eigenvalue weighted by Crippen LogP contribution is -2.32. The first-order valence-corrected chi connectivity index (χ1v) is 8.18. The Bertz CT molecular complexity index is 859. The van der Waals surface area contributed by atoms with Gasteiger partial charge in [-0.15, -0.1) is 0 Å². The molecule has 7 nitrogen and oxygen atoms in total. The molecule has 8 heteroatoms. The van der Waals surface area contributed by atoms with Gasteiger partial charge in [-0.3, -0.25) is 9.48 Å². The smallest absolute Gasteiger partial charge is 0.268 e. The van der Waals surface area contributed by atoms with Gasteiger partial charge < -0.3 is 4.42 Å². The van der Waals surface area contributed by atoms with Crippen molar-refractivity contribution in [2.24, 2.45) is 7.05 Å². The van der Waals surface area contributed by atoms with Gasteiger partial charge in [-0.1, -0.05) is 0 Å². The fourth-order valence-electron chi connectivity index (χ4n) is 2.49. The third-order valence-corrected chi connectivity index (χ3v) is 5.31. The van der Waals surface area contributed by atoms with E-state index in [0.717, 1.165) is 0 Å². The van der Waals surface area contributed by atoms with Crippen LogP contribution < -0.4 is 4.72 Å². The number of amides is 1. The molecule has 0 aliphatic heterocycles. The van der Waals surface area contributed by atoms with E-state index in [9.17, 15) is 13.2 Å². The number of nitrogens with zero attached hydrogens (tertiary/aromatic N) is 2. The first-order valence-electron chi connectivity index (χ1n) is 6.70. The molecule has 2 heterocycles. The van der Waals surface area contributed by atoms with Crippen LogP contribution >= 0.6 is 0 Å². The van der Waals surface area contributed by atoms with E-state index < -0.39 is 15.9 Å². The van der Waals surface area contributed by atoms with Crippen molar-refractivity contribution in [3.8, 4) is 0 Å². The minimum Gasteiger partial charge on any atom is -0.466 e. The number of nitrogens with one attached hydrogen (secondary N) is 1. The van der Waals surface area contributed by atoms with Gasteiger partial charge >= 0.3 is 0 Å². The van der Waals surface area contributed by atoms with Crippen LogP contribution in [0.2, 0.25) is 0 Å². The monoisotopic (exact) mass is 325 g/mol. The second kappa shape index (κ2) is 5.28. The van der Waals surface area contributed by atoms with E-state index in [4.69, 9.17) is 4.42 Å². The Labute approximate surface area is 129 Å². The second-order valence-electron chi connectivity index (χ2n) is 5.27. The molecule has 0 saturated carbocycles. The van der Waals surface area contributed by atoms with Crippen LogP contribution in [0, 0.1) is 34.6 Å². The zero-order valence-electron chi connectivity index (χ0n) is 13.4. The summed E-state index contributed by atoms with van der Waals surface area (Å²) in [6.07, 6.45) is 0. The molecule has 0 bridgehead atoms. The van der Waals surface area contributed by atoms with Crippen molar-refractivity contribution >= 4 is 15.9 Å². The molecular formula is C14H19N3O4S. The van der Waals surface area contributed by atoms with Crippen molar-refractivity contribution in [1.29, 1.82) is 0 Å². The highest BCUT2D eigenvalue weighted by atomic mass is 32.2. The molecule has 0 spiro atoms. The molecule has 0 unspecified atom stereocenters. The van der Waals surface area contributed by atoms with Crippen molar-refractivity contribution in [3.63, 3.8) is 0 Å². The highest BCUT2D eigenvalue weighted by Crippen LogP contribution is 2.23. The summed E-state index contributed by atoms with van der Waals surface area (Å²) in [5.41, 5.74) is 1.69. The number of carbonyl (C=O) groups excluding carboxylic acids is 1. The molecule has 0 atom stereocenters. The number of carbonyl (C=O) groups is 1. The van der Waals surface area contributed by atoms with Gasteiger partial charge in [-0.2, -0.15) is 5.10 Å². The average Bonchev–Trinajstić information content (AvgIpc) is 2.76. The van der Waals surface area contributed by atoms with Crippen molar-refractivity contribution < 1.29 is 17.6 Å². The Morgan fingerprint density at radius 3 is 2.14 bits per heavy atom. The Morgan fingerprint density at radius 2 is 1.73 bits per heavy atom. The fourth-order valence-corrected chi connectivity index (χ4v) is 3.89. The average molecular weight is 325 g/mol. The maximum Gasteiger partial charge on any atom is 0.268 e. The molecule has 0 radical (unpaired) electrons. The lowest BCUT2D eigenvalue weighted by atomic mass is 10.1. The van der Waals surface area contributed by atoms with Crippen LogP contribution in [0.1, 0.15) is 38.8 Å². The Morgan fingerprint density at radius 1 is 1.14 bits per heavy atom. The standard InChI is InChI=1S/C14H19N3O4S/c1-7-10(4)21-11(5)12(7)14(18)16-22(19,20)13-8(2)15-17(6)9(13)3/h1-6H3,(H,16,18). The van der Waals surface area contributed by atoms with Crippen LogP contribution in [0.5, 0.6) is 0 Å². The predicted octanol–water partition coefficient (Wildman–Crippen LogP) is 1.67. The summed E-state index contributed by atoms with van der Waals surface area (Å²) in [7, 11) is -2.35. The number of rotatable bonds is 3. The number of hydrogen-bond acceptors (Lipinski definition) is 5. The molecule has 0 saturated heterocycles. The molecule has 2 aromatic heterocycles. The van der Waals surface area contributed by atoms with Crippen LogP contribution in [0.25, 0.3) is 0 Å². The number of aryl methyl sites for hydroxylation is 4. The SMILES string of the molecule is Cc1nn(C)c(C)c1S(=O)(=O)NC(=O)c1c(C)oc(C)c1C. The molecule has 120 valence electrons. The summed E-state index contributed by atoms with van der Waals surface area (Å²) in [6.45, 7) is 8.29. The first-order chi connectivity index (χ1) is 10.1. The molecule has 22 heavy (non-hydrogen) atoms. The zero-order chi connectivity index (χ0) is 16.8. The summed E-state index contributed by atoms with van der Waals surface area (Å²) >= 11 is 0. The van der Waals surface area contributed by atoms with E-state index in [1.165, 1.54) is 4.68 Å². The Balaban J connectivity index is 2.43. The molecule has 1 N–H and O–H groups in total. The molecule has 1 amide bonds. The van der Waals surface area contributed by atoms with Gasteiger partial charge in [0, 0.05) is 12.6 Å². The molecule has 2 aromatic rings. The van der Waals surface area contributed by atoms with Crippen molar-refractivity contribution in [2.75, 3.05) is 0 Å². The van der Waals surface area contributed by atoms with E-state index in [1.807, 2.05) is 0 Å². The van der Waals surface area contributed by atoms with Gasteiger partial charge in [0.2, 0.25) is 0 Å². The molecular weight excluding hydrogens is 306 g/mol. The van der Waals surface area contributed by atoms with Crippen LogP contribution in [0.3, 0.4) is 0 Å². The Kier molecular flexibility index (Phi) is 3.90. The minimum absolute atomic E-state index is 0.0267. The number of furan rings is 1. The topological polar surface area (TPSA) is 94.2 Å². The molecule has 2 rings (SSSR count). The summed E-state index contributed by atoms with van der Waals surface area (Å²) < 4.78 is 33.9. The number of hydrogen-bond donors (Lipinski definition) is 1. The summed E-state index contributed by atoms with van der Waals surface area (Å²) in [5.74, 6) is 0.283. The third-order valence-electron chi connectivity index (χ3n) is 3.73. The fraction of sp³-hybridized carbons (Fsp3) is 0.429. The predicted molar refractivity (Wildman–Crippen MR) is 80.3 cm³/mol. The van der Waals surface area contributed by atoms with Crippen LogP contribution in [-0.4, -0.2) is 24.1 Å². The largest absolute Gasteiger partial charge is 0.466 e. The van der Waals surface area contributed by atoms with Crippen molar-refractivity contribution in [1.82, 2.24) is 14.5 Å². The summed E-state index contributed by atoms with van der Waals surface area (Å²) in [5, 5.41) is 4.06. The third kappa shape index (κ3) is 2.54. The highest BCUT2D eigenvalue weighted by molar-refractivity contribution is 7.90. The molecule has 0 aliphatic rings. The van der Waals surface area contributed by atoms with Gasteiger partial charge in [-0.05, 0) is 34.6 Å². The normalized spacial score (nSPS) is 11.7. The van der Waals surface area contributed by atoms with Crippen molar-refractivity contribution in [3.05, 3.63) is 34.0 Å². The first kappa shape index (κ1) is 16.3. The van der Waals surface area contributed by atoms with E-state index >= 15 is 0 Å². The molecule has 0 aliphatic carbocycles. The van der Waals surface area contributed by atoms with Gasteiger partial charge in [0.25, 0.3) is 15.9 Å². The summed E-state index contributed by atoms with van der Waals surface area (Å²) in [4.78, 5) is 12.4. The zero-order valence-corrected chi connectivity index (χ0v) is 14.3.